The maximum Gasteiger partial charge on any atom is 0.410 e. The standard InChI is InChI=1S/C16H30N2O5/c1-14(2,3)22-12(20)17-16(7)8-9-18(10-11(16)19)13(21)23-15(4,5)6/h11,19H,8-10H2,1-7H3,(H,17,20). The summed E-state index contributed by atoms with van der Waals surface area (Å²) in [4.78, 5) is 25.4. The van der Waals surface area contributed by atoms with Gasteiger partial charge in [-0.2, -0.15) is 0 Å². The molecule has 0 aromatic rings. The molecule has 0 saturated carbocycles. The van der Waals surface area contributed by atoms with Gasteiger partial charge in [0.2, 0.25) is 0 Å². The predicted molar refractivity (Wildman–Crippen MR) is 86.2 cm³/mol. The van der Waals surface area contributed by atoms with Crippen LogP contribution in [0, 0.1) is 0 Å². The van der Waals surface area contributed by atoms with Crippen LogP contribution in [0.2, 0.25) is 0 Å². The van der Waals surface area contributed by atoms with Crippen molar-refractivity contribution >= 4 is 12.2 Å². The molecule has 7 nitrogen and oxygen atoms in total. The number of ether oxygens (including phenoxy) is 2. The van der Waals surface area contributed by atoms with Gasteiger partial charge < -0.3 is 24.8 Å². The molecular weight excluding hydrogens is 300 g/mol. The Bertz CT molecular complexity index is 452. The van der Waals surface area contributed by atoms with Gasteiger partial charge in [-0.25, -0.2) is 9.59 Å². The number of aliphatic hydroxyl groups excluding tert-OH is 1. The van der Waals surface area contributed by atoms with Gasteiger partial charge in [-0.3, -0.25) is 0 Å². The minimum Gasteiger partial charge on any atom is -0.444 e. The molecule has 0 radical (unpaired) electrons. The summed E-state index contributed by atoms with van der Waals surface area (Å²) in [5.41, 5.74) is -2.04. The molecule has 0 aromatic heterocycles. The quantitative estimate of drug-likeness (QED) is 0.770. The maximum absolute atomic E-state index is 12.1. The first-order valence-electron chi connectivity index (χ1n) is 7.89. The normalized spacial score (nSPS) is 25.7. The molecule has 0 spiro atoms. The van der Waals surface area contributed by atoms with Crippen LogP contribution in [-0.2, 0) is 9.47 Å². The fraction of sp³-hybridized carbons (Fsp3) is 0.875. The van der Waals surface area contributed by atoms with Crippen molar-refractivity contribution in [1.29, 1.82) is 0 Å². The number of rotatable bonds is 1. The van der Waals surface area contributed by atoms with Crippen LogP contribution >= 0.6 is 0 Å². The number of nitrogens with zero attached hydrogens (tertiary/aromatic N) is 1. The summed E-state index contributed by atoms with van der Waals surface area (Å²) in [5, 5.41) is 13.1. The Balaban J connectivity index is 2.64. The van der Waals surface area contributed by atoms with Crippen molar-refractivity contribution in [2.24, 2.45) is 0 Å². The lowest BCUT2D eigenvalue weighted by molar-refractivity contribution is -0.0297. The monoisotopic (exact) mass is 330 g/mol. The number of hydrogen-bond donors (Lipinski definition) is 2. The van der Waals surface area contributed by atoms with E-state index in [0.29, 0.717) is 13.0 Å². The summed E-state index contributed by atoms with van der Waals surface area (Å²) in [6.45, 7) is 12.9. The third-order valence-electron chi connectivity index (χ3n) is 3.47. The third kappa shape index (κ3) is 6.25. The lowest BCUT2D eigenvalue weighted by Crippen LogP contribution is -2.63. The number of carbonyl (C=O) groups excluding carboxylic acids is 2. The number of aliphatic hydroxyl groups is 1. The minimum absolute atomic E-state index is 0.0984. The molecule has 2 atom stereocenters. The van der Waals surface area contributed by atoms with Crippen molar-refractivity contribution < 1.29 is 24.2 Å². The van der Waals surface area contributed by atoms with Crippen LogP contribution in [0.25, 0.3) is 0 Å². The van der Waals surface area contributed by atoms with Crippen molar-refractivity contribution in [1.82, 2.24) is 10.2 Å². The first kappa shape index (κ1) is 19.5. The number of piperidine rings is 1. The summed E-state index contributed by atoms with van der Waals surface area (Å²) in [5.74, 6) is 0. The van der Waals surface area contributed by atoms with Gasteiger partial charge in [-0.15, -0.1) is 0 Å². The Morgan fingerprint density at radius 3 is 2.09 bits per heavy atom. The van der Waals surface area contributed by atoms with Gasteiger partial charge in [-0.1, -0.05) is 0 Å². The van der Waals surface area contributed by atoms with E-state index in [1.807, 2.05) is 0 Å². The molecule has 2 amide bonds. The Kier molecular flexibility index (Phi) is 5.57. The number of hydrogen-bond acceptors (Lipinski definition) is 5. The summed E-state index contributed by atoms with van der Waals surface area (Å²) in [7, 11) is 0. The highest BCUT2D eigenvalue weighted by Gasteiger charge is 2.42. The lowest BCUT2D eigenvalue weighted by Gasteiger charge is -2.43. The lowest BCUT2D eigenvalue weighted by atomic mass is 9.87. The number of likely N-dealkylation sites (tertiary alicyclic amines) is 1. The molecule has 23 heavy (non-hydrogen) atoms. The number of β-amino-alcohol motifs (C(OH)–C–C–N with tert-alkyl or cyclic N) is 1. The van der Waals surface area contributed by atoms with Crippen molar-refractivity contribution in [3.63, 3.8) is 0 Å². The first-order chi connectivity index (χ1) is 10.2. The average molecular weight is 330 g/mol. The Labute approximate surface area is 138 Å². The molecule has 1 rings (SSSR count). The van der Waals surface area contributed by atoms with Gasteiger partial charge in [0.15, 0.2) is 0 Å². The zero-order valence-electron chi connectivity index (χ0n) is 15.2. The second-order valence-corrected chi connectivity index (χ2v) is 8.24. The molecule has 0 aliphatic carbocycles. The van der Waals surface area contributed by atoms with Crippen molar-refractivity contribution in [2.45, 2.75) is 77.7 Å². The van der Waals surface area contributed by atoms with Crippen LogP contribution in [0.3, 0.4) is 0 Å². The number of nitrogens with one attached hydrogen (secondary N) is 1. The van der Waals surface area contributed by atoms with Crippen LogP contribution in [0.4, 0.5) is 9.59 Å². The van der Waals surface area contributed by atoms with Crippen LogP contribution in [0.1, 0.15) is 54.9 Å². The minimum atomic E-state index is -0.906. The SMILES string of the molecule is CC(C)(C)OC(=O)NC1(C)CCN(C(=O)OC(C)(C)C)CC1O. The second-order valence-electron chi connectivity index (χ2n) is 8.24. The topological polar surface area (TPSA) is 88.1 Å². The van der Waals surface area contributed by atoms with E-state index in [-0.39, 0.29) is 6.54 Å². The summed E-state index contributed by atoms with van der Waals surface area (Å²) in [6, 6.07) is 0. The summed E-state index contributed by atoms with van der Waals surface area (Å²) in [6.07, 6.45) is -1.54. The maximum atomic E-state index is 12.1. The number of alkyl carbamates (subject to hydrolysis) is 1. The fourth-order valence-corrected chi connectivity index (χ4v) is 2.21. The molecule has 1 heterocycles. The molecule has 2 N–H and O–H groups in total. The molecule has 0 bridgehead atoms. The molecule has 7 heteroatoms. The smallest absolute Gasteiger partial charge is 0.410 e. The second kappa shape index (κ2) is 6.55. The third-order valence-corrected chi connectivity index (χ3v) is 3.47. The molecule has 2 unspecified atom stereocenters. The Hall–Kier alpha value is -1.50. The number of amides is 2. The molecule has 1 fully saturated rings. The van der Waals surface area contributed by atoms with E-state index in [1.165, 1.54) is 4.90 Å². The van der Waals surface area contributed by atoms with Crippen molar-refractivity contribution in [2.75, 3.05) is 13.1 Å². The molecule has 1 saturated heterocycles. The van der Waals surface area contributed by atoms with Crippen LogP contribution in [0.5, 0.6) is 0 Å². The highest BCUT2D eigenvalue weighted by molar-refractivity contribution is 5.70. The van der Waals surface area contributed by atoms with E-state index in [4.69, 9.17) is 9.47 Å². The highest BCUT2D eigenvalue weighted by Crippen LogP contribution is 2.24. The van der Waals surface area contributed by atoms with E-state index < -0.39 is 35.0 Å². The van der Waals surface area contributed by atoms with Crippen molar-refractivity contribution in [3.8, 4) is 0 Å². The first-order valence-corrected chi connectivity index (χ1v) is 7.89. The van der Waals surface area contributed by atoms with E-state index >= 15 is 0 Å². The van der Waals surface area contributed by atoms with Gasteiger partial charge in [-0.05, 0) is 54.9 Å². The number of carbonyl (C=O) groups is 2. The highest BCUT2D eigenvalue weighted by atomic mass is 16.6. The molecule has 0 aromatic carbocycles. The molecular formula is C16H30N2O5. The van der Waals surface area contributed by atoms with E-state index in [9.17, 15) is 14.7 Å². The average Bonchev–Trinajstić information content (AvgIpc) is 2.27. The Morgan fingerprint density at radius 2 is 1.65 bits per heavy atom. The van der Waals surface area contributed by atoms with Crippen molar-refractivity contribution in [3.05, 3.63) is 0 Å². The van der Waals surface area contributed by atoms with Gasteiger partial charge in [0, 0.05) is 6.54 Å². The fourth-order valence-electron chi connectivity index (χ4n) is 2.21. The van der Waals surface area contributed by atoms with Crippen LogP contribution in [0.15, 0.2) is 0 Å². The van der Waals surface area contributed by atoms with Gasteiger partial charge >= 0.3 is 12.2 Å². The van der Waals surface area contributed by atoms with Gasteiger partial charge in [0.05, 0.1) is 18.2 Å². The zero-order valence-corrected chi connectivity index (χ0v) is 15.2. The summed E-state index contributed by atoms with van der Waals surface area (Å²) < 4.78 is 10.5. The van der Waals surface area contributed by atoms with Gasteiger partial charge in [0.1, 0.15) is 11.2 Å². The predicted octanol–water partition coefficient (Wildman–Crippen LogP) is 2.27. The van der Waals surface area contributed by atoms with E-state index in [2.05, 4.69) is 5.32 Å². The molecule has 1 aliphatic rings. The van der Waals surface area contributed by atoms with E-state index in [1.54, 1.807) is 48.5 Å². The Morgan fingerprint density at radius 1 is 1.13 bits per heavy atom. The van der Waals surface area contributed by atoms with Crippen LogP contribution in [-0.4, -0.2) is 58.1 Å². The zero-order chi connectivity index (χ0) is 18.1. The van der Waals surface area contributed by atoms with Crippen LogP contribution < -0.4 is 5.32 Å². The molecule has 1 aliphatic heterocycles. The summed E-state index contributed by atoms with van der Waals surface area (Å²) >= 11 is 0. The molecule has 134 valence electrons. The van der Waals surface area contributed by atoms with Gasteiger partial charge in [0.25, 0.3) is 0 Å². The van der Waals surface area contributed by atoms with E-state index in [0.717, 1.165) is 0 Å². The largest absolute Gasteiger partial charge is 0.444 e.